The van der Waals surface area contributed by atoms with Crippen molar-refractivity contribution >= 4 is 57.9 Å². The van der Waals surface area contributed by atoms with E-state index in [-0.39, 0.29) is 17.4 Å². The molecule has 1 heterocycles. The summed E-state index contributed by atoms with van der Waals surface area (Å²) < 4.78 is 10.6. The van der Waals surface area contributed by atoms with Gasteiger partial charge in [-0.2, -0.15) is 5.10 Å². The quantitative estimate of drug-likeness (QED) is 0.151. The van der Waals surface area contributed by atoms with Crippen molar-refractivity contribution in [2.24, 2.45) is 5.10 Å². The van der Waals surface area contributed by atoms with Gasteiger partial charge in [-0.15, -0.1) is 11.3 Å². The summed E-state index contributed by atoms with van der Waals surface area (Å²) in [5, 5.41) is 7.09. The number of carbonyl (C=O) groups is 4. The standard InChI is InChI=1S/C26H22ClN3O6S/c1-2-35-26(34)21-18-7-5-9-20(18)37-24(21)29-22(31)23(32)30-28-14-16-6-3-4-8-19(16)36-25(33)15-10-12-17(27)13-11-15/h3-4,6,8,10-14H,2,5,7,9H2,1H3,(H,29,31)(H,30,32)/b28-14+. The number of amides is 2. The monoisotopic (exact) mass is 539 g/mol. The van der Waals surface area contributed by atoms with E-state index in [1.54, 1.807) is 43.3 Å². The van der Waals surface area contributed by atoms with Crippen LogP contribution >= 0.6 is 22.9 Å². The third kappa shape index (κ3) is 6.22. The SMILES string of the molecule is CCOC(=O)c1c(NC(=O)C(=O)N/N=C/c2ccccc2OC(=O)c2ccc(Cl)cc2)sc2c1CCC2. The molecule has 0 atom stereocenters. The largest absolute Gasteiger partial charge is 0.462 e. The highest BCUT2D eigenvalue weighted by molar-refractivity contribution is 7.17. The molecule has 2 amide bonds. The maximum absolute atomic E-state index is 12.5. The number of ether oxygens (including phenoxy) is 2. The first-order valence-corrected chi connectivity index (χ1v) is 12.6. The Bertz CT molecular complexity index is 1380. The van der Waals surface area contributed by atoms with Gasteiger partial charge in [0.1, 0.15) is 10.8 Å². The first kappa shape index (κ1) is 26.1. The highest BCUT2D eigenvalue weighted by atomic mass is 35.5. The summed E-state index contributed by atoms with van der Waals surface area (Å²) in [5.41, 5.74) is 4.02. The van der Waals surface area contributed by atoms with E-state index in [9.17, 15) is 19.2 Å². The summed E-state index contributed by atoms with van der Waals surface area (Å²) in [4.78, 5) is 50.7. The fourth-order valence-corrected chi connectivity index (χ4v) is 5.11. The van der Waals surface area contributed by atoms with Crippen LogP contribution in [0.25, 0.3) is 0 Å². The summed E-state index contributed by atoms with van der Waals surface area (Å²) >= 11 is 7.12. The van der Waals surface area contributed by atoms with Crippen molar-refractivity contribution in [3.63, 3.8) is 0 Å². The van der Waals surface area contributed by atoms with Gasteiger partial charge in [-0.05, 0) is 68.1 Å². The Balaban J connectivity index is 1.40. The minimum atomic E-state index is -1.03. The van der Waals surface area contributed by atoms with Gasteiger partial charge in [0, 0.05) is 15.5 Å². The van der Waals surface area contributed by atoms with E-state index in [1.807, 2.05) is 0 Å². The van der Waals surface area contributed by atoms with Crippen molar-refractivity contribution in [2.45, 2.75) is 26.2 Å². The number of hydrogen-bond donors (Lipinski definition) is 2. The smallest absolute Gasteiger partial charge is 0.343 e. The number of aryl methyl sites for hydroxylation is 1. The minimum Gasteiger partial charge on any atom is -0.462 e. The van der Waals surface area contributed by atoms with E-state index >= 15 is 0 Å². The van der Waals surface area contributed by atoms with Gasteiger partial charge in [0.2, 0.25) is 0 Å². The number of rotatable bonds is 7. The van der Waals surface area contributed by atoms with Crippen molar-refractivity contribution in [3.05, 3.63) is 80.7 Å². The van der Waals surface area contributed by atoms with Gasteiger partial charge in [0.25, 0.3) is 0 Å². The third-order valence-corrected chi connectivity index (χ3v) is 6.86. The van der Waals surface area contributed by atoms with Gasteiger partial charge in [-0.1, -0.05) is 23.7 Å². The molecule has 0 fully saturated rings. The molecule has 2 aromatic carbocycles. The lowest BCUT2D eigenvalue weighted by Crippen LogP contribution is -2.32. The zero-order valence-electron chi connectivity index (χ0n) is 19.7. The molecule has 1 aliphatic rings. The lowest BCUT2D eigenvalue weighted by atomic mass is 10.1. The van der Waals surface area contributed by atoms with Crippen LogP contribution in [0.2, 0.25) is 5.02 Å². The van der Waals surface area contributed by atoms with Crippen molar-refractivity contribution in [3.8, 4) is 5.75 Å². The first-order valence-electron chi connectivity index (χ1n) is 11.4. The molecule has 190 valence electrons. The number of thiophene rings is 1. The minimum absolute atomic E-state index is 0.197. The topological polar surface area (TPSA) is 123 Å². The number of benzene rings is 2. The van der Waals surface area contributed by atoms with E-state index in [0.29, 0.717) is 28.1 Å². The number of hydrogen-bond acceptors (Lipinski definition) is 8. The zero-order valence-corrected chi connectivity index (χ0v) is 21.3. The van der Waals surface area contributed by atoms with E-state index in [2.05, 4.69) is 15.8 Å². The van der Waals surface area contributed by atoms with Crippen LogP contribution in [0, 0.1) is 0 Å². The summed E-state index contributed by atoms with van der Waals surface area (Å²) in [6, 6.07) is 12.8. The molecular formula is C26H22ClN3O6S. The number of anilines is 1. The maximum Gasteiger partial charge on any atom is 0.343 e. The van der Waals surface area contributed by atoms with Gasteiger partial charge >= 0.3 is 23.8 Å². The summed E-state index contributed by atoms with van der Waals surface area (Å²) in [6.45, 7) is 1.90. The van der Waals surface area contributed by atoms with Crippen LogP contribution < -0.4 is 15.5 Å². The fourth-order valence-electron chi connectivity index (χ4n) is 3.71. The molecule has 11 heteroatoms. The first-order chi connectivity index (χ1) is 17.9. The number of nitrogens with one attached hydrogen (secondary N) is 2. The predicted molar refractivity (Wildman–Crippen MR) is 140 cm³/mol. The summed E-state index contributed by atoms with van der Waals surface area (Å²) in [5.74, 6) is -2.93. The Labute approximate surface area is 221 Å². The number of halogens is 1. The Morgan fingerprint density at radius 3 is 2.54 bits per heavy atom. The van der Waals surface area contributed by atoms with Crippen LogP contribution in [0.1, 0.15) is 50.1 Å². The molecule has 1 aliphatic carbocycles. The van der Waals surface area contributed by atoms with Crippen LogP contribution in [0.5, 0.6) is 5.75 Å². The summed E-state index contributed by atoms with van der Waals surface area (Å²) in [6.07, 6.45) is 3.70. The fraction of sp³-hybridized carbons (Fsp3) is 0.192. The molecule has 0 aliphatic heterocycles. The molecule has 9 nitrogen and oxygen atoms in total. The lowest BCUT2D eigenvalue weighted by Gasteiger charge is -2.08. The Hall–Kier alpha value is -4.02. The number of para-hydroxylation sites is 1. The molecule has 0 bridgehead atoms. The molecule has 1 aromatic heterocycles. The van der Waals surface area contributed by atoms with E-state index in [4.69, 9.17) is 21.1 Å². The molecule has 3 aromatic rings. The van der Waals surface area contributed by atoms with Crippen LogP contribution in [-0.2, 0) is 27.2 Å². The number of carbonyl (C=O) groups excluding carboxylic acids is 4. The Morgan fingerprint density at radius 1 is 1.03 bits per heavy atom. The van der Waals surface area contributed by atoms with Gasteiger partial charge in [-0.3, -0.25) is 9.59 Å². The van der Waals surface area contributed by atoms with Crippen molar-refractivity contribution in [1.29, 1.82) is 0 Å². The van der Waals surface area contributed by atoms with Gasteiger partial charge in [0.15, 0.2) is 0 Å². The third-order valence-electron chi connectivity index (χ3n) is 5.41. The van der Waals surface area contributed by atoms with Crippen LogP contribution in [0.4, 0.5) is 5.00 Å². The molecule has 0 radical (unpaired) electrons. The van der Waals surface area contributed by atoms with Gasteiger partial charge in [0.05, 0.1) is 23.9 Å². The lowest BCUT2D eigenvalue weighted by molar-refractivity contribution is -0.136. The Morgan fingerprint density at radius 2 is 1.78 bits per heavy atom. The van der Waals surface area contributed by atoms with Crippen molar-refractivity contribution in [2.75, 3.05) is 11.9 Å². The van der Waals surface area contributed by atoms with E-state index in [0.717, 1.165) is 23.3 Å². The number of hydrazone groups is 1. The average molecular weight is 540 g/mol. The van der Waals surface area contributed by atoms with Crippen LogP contribution in [0.3, 0.4) is 0 Å². The molecule has 0 spiro atoms. The normalized spacial score (nSPS) is 12.2. The summed E-state index contributed by atoms with van der Waals surface area (Å²) in [7, 11) is 0. The molecule has 0 saturated heterocycles. The second-order valence-electron chi connectivity index (χ2n) is 7.87. The van der Waals surface area contributed by atoms with Crippen LogP contribution in [-0.4, -0.2) is 36.6 Å². The number of esters is 2. The van der Waals surface area contributed by atoms with Crippen molar-refractivity contribution in [1.82, 2.24) is 5.43 Å². The molecule has 0 saturated carbocycles. The number of fused-ring (bicyclic) bond motifs is 1. The molecule has 2 N–H and O–H groups in total. The molecular weight excluding hydrogens is 518 g/mol. The molecule has 4 rings (SSSR count). The van der Waals surface area contributed by atoms with Gasteiger partial charge in [-0.25, -0.2) is 15.0 Å². The molecule has 0 unspecified atom stereocenters. The highest BCUT2D eigenvalue weighted by Crippen LogP contribution is 2.39. The highest BCUT2D eigenvalue weighted by Gasteiger charge is 2.29. The van der Waals surface area contributed by atoms with E-state index in [1.165, 1.54) is 29.7 Å². The number of nitrogens with zero attached hydrogens (tertiary/aromatic N) is 1. The maximum atomic E-state index is 12.5. The second-order valence-corrected chi connectivity index (χ2v) is 9.41. The van der Waals surface area contributed by atoms with E-state index < -0.39 is 23.8 Å². The second kappa shape index (κ2) is 11.8. The van der Waals surface area contributed by atoms with Crippen molar-refractivity contribution < 1.29 is 28.7 Å². The predicted octanol–water partition coefficient (Wildman–Crippen LogP) is 4.37. The molecule has 37 heavy (non-hydrogen) atoms. The zero-order chi connectivity index (χ0) is 26.4. The Kier molecular flexibility index (Phi) is 8.32. The van der Waals surface area contributed by atoms with Crippen LogP contribution in [0.15, 0.2) is 53.6 Å². The average Bonchev–Trinajstić information content (AvgIpc) is 3.46. The van der Waals surface area contributed by atoms with Gasteiger partial charge < -0.3 is 14.8 Å².